The fourth-order valence-corrected chi connectivity index (χ4v) is 3.04. The molecule has 1 unspecified atom stereocenters. The Balaban J connectivity index is 2.21. The molecule has 0 saturated heterocycles. The molecular formula is C15H13ClF3NO3S. The highest BCUT2D eigenvalue weighted by Crippen LogP contribution is 2.34. The molecule has 0 aliphatic carbocycles. The fourth-order valence-electron chi connectivity index (χ4n) is 1.98. The molecule has 2 aromatic carbocycles. The number of alkyl halides is 3. The van der Waals surface area contributed by atoms with E-state index in [-0.39, 0.29) is 12.2 Å². The number of benzene rings is 2. The summed E-state index contributed by atoms with van der Waals surface area (Å²) in [7, 11) is -5.49. The Morgan fingerprint density at radius 3 is 2.25 bits per heavy atom. The van der Waals surface area contributed by atoms with Gasteiger partial charge in [0.25, 0.3) is 9.84 Å². The van der Waals surface area contributed by atoms with Crippen molar-refractivity contribution in [1.82, 2.24) is 0 Å². The summed E-state index contributed by atoms with van der Waals surface area (Å²) < 4.78 is 61.3. The number of aliphatic hydroxyl groups is 1. The lowest BCUT2D eigenvalue weighted by atomic mass is 10.1. The van der Waals surface area contributed by atoms with Gasteiger partial charge in [-0.2, -0.15) is 13.2 Å². The molecule has 0 aliphatic rings. The molecule has 0 aliphatic heterocycles. The van der Waals surface area contributed by atoms with Crippen molar-refractivity contribution in [2.24, 2.45) is 0 Å². The van der Waals surface area contributed by atoms with Crippen LogP contribution in [-0.4, -0.2) is 25.6 Å². The molecule has 2 aromatic rings. The van der Waals surface area contributed by atoms with Gasteiger partial charge in [-0.3, -0.25) is 0 Å². The molecule has 2 rings (SSSR count). The summed E-state index contributed by atoms with van der Waals surface area (Å²) in [5.74, 6) is 0. The van der Waals surface area contributed by atoms with Gasteiger partial charge in [0.05, 0.1) is 16.7 Å². The van der Waals surface area contributed by atoms with Crippen LogP contribution in [0.2, 0.25) is 5.02 Å². The predicted octanol–water partition coefficient (Wildman–Crippen LogP) is 3.78. The fraction of sp³-hybridized carbons (Fsp3) is 0.200. The first-order valence-electron chi connectivity index (χ1n) is 6.70. The smallest absolute Gasteiger partial charge is 0.387 e. The Morgan fingerprint density at radius 2 is 1.67 bits per heavy atom. The molecule has 0 radical (unpaired) electrons. The number of hydrogen-bond acceptors (Lipinski definition) is 4. The number of halogens is 4. The van der Waals surface area contributed by atoms with Gasteiger partial charge in [-0.15, -0.1) is 0 Å². The van der Waals surface area contributed by atoms with E-state index < -0.39 is 26.3 Å². The topological polar surface area (TPSA) is 66.4 Å². The largest absolute Gasteiger partial charge is 0.501 e. The van der Waals surface area contributed by atoms with Crippen LogP contribution >= 0.6 is 11.6 Å². The van der Waals surface area contributed by atoms with Crippen molar-refractivity contribution in [2.45, 2.75) is 16.5 Å². The number of para-hydroxylation sites is 1. The molecule has 0 spiro atoms. The van der Waals surface area contributed by atoms with Crippen LogP contribution in [0.1, 0.15) is 11.7 Å². The molecule has 0 aromatic heterocycles. The number of sulfone groups is 1. The van der Waals surface area contributed by atoms with Crippen LogP contribution in [0.4, 0.5) is 18.9 Å². The molecule has 0 amide bonds. The average molecular weight is 380 g/mol. The van der Waals surface area contributed by atoms with Crippen molar-refractivity contribution in [1.29, 1.82) is 0 Å². The van der Waals surface area contributed by atoms with Crippen LogP contribution in [0.5, 0.6) is 0 Å². The molecular weight excluding hydrogens is 367 g/mol. The Bertz CT molecular complexity index is 807. The molecule has 4 nitrogen and oxygen atoms in total. The van der Waals surface area contributed by atoms with Gasteiger partial charge in [0.1, 0.15) is 0 Å². The maximum atomic E-state index is 12.7. The van der Waals surface area contributed by atoms with Crippen molar-refractivity contribution >= 4 is 27.1 Å². The summed E-state index contributed by atoms with van der Waals surface area (Å²) in [6.45, 7) is -0.175. The number of rotatable bonds is 5. The lowest BCUT2D eigenvalue weighted by molar-refractivity contribution is -0.0435. The average Bonchev–Trinajstić information content (AvgIpc) is 2.52. The molecule has 0 heterocycles. The SMILES string of the molecule is O=S(=O)(c1ccccc1NCC(O)c1ccc(Cl)cc1)C(F)(F)F. The van der Waals surface area contributed by atoms with E-state index in [1.165, 1.54) is 18.2 Å². The van der Waals surface area contributed by atoms with Crippen LogP contribution in [0.25, 0.3) is 0 Å². The Kier molecular flexibility index (Phi) is 5.42. The lowest BCUT2D eigenvalue weighted by Gasteiger charge is -2.17. The van der Waals surface area contributed by atoms with Crippen LogP contribution in [0, 0.1) is 0 Å². The van der Waals surface area contributed by atoms with E-state index in [9.17, 15) is 26.7 Å². The summed E-state index contributed by atoms with van der Waals surface area (Å²) in [4.78, 5) is -0.888. The van der Waals surface area contributed by atoms with Gasteiger partial charge in [-0.25, -0.2) is 8.42 Å². The molecule has 0 fully saturated rings. The van der Waals surface area contributed by atoms with E-state index in [0.717, 1.165) is 6.07 Å². The molecule has 9 heteroatoms. The van der Waals surface area contributed by atoms with E-state index in [1.807, 2.05) is 0 Å². The van der Waals surface area contributed by atoms with Gasteiger partial charge in [0, 0.05) is 11.6 Å². The Morgan fingerprint density at radius 1 is 1.08 bits per heavy atom. The Hall–Kier alpha value is -1.77. The van der Waals surface area contributed by atoms with Gasteiger partial charge in [0.15, 0.2) is 0 Å². The quantitative estimate of drug-likeness (QED) is 0.829. The van der Waals surface area contributed by atoms with E-state index >= 15 is 0 Å². The van der Waals surface area contributed by atoms with Gasteiger partial charge < -0.3 is 10.4 Å². The second-order valence-corrected chi connectivity index (χ2v) is 7.24. The first kappa shape index (κ1) is 18.6. The minimum absolute atomic E-state index is 0.175. The number of hydrogen-bond donors (Lipinski definition) is 2. The summed E-state index contributed by atoms with van der Waals surface area (Å²) in [6.07, 6.45) is -1.05. The van der Waals surface area contributed by atoms with Crippen LogP contribution < -0.4 is 5.32 Å². The third-order valence-electron chi connectivity index (χ3n) is 3.22. The van der Waals surface area contributed by atoms with Crippen LogP contribution in [0.15, 0.2) is 53.4 Å². The molecule has 1 atom stereocenters. The molecule has 130 valence electrons. The van der Waals surface area contributed by atoms with Crippen molar-refractivity contribution in [3.05, 3.63) is 59.1 Å². The van der Waals surface area contributed by atoms with Gasteiger partial charge >= 0.3 is 5.51 Å². The highest BCUT2D eigenvalue weighted by molar-refractivity contribution is 7.92. The number of nitrogens with one attached hydrogen (secondary N) is 1. The monoisotopic (exact) mass is 379 g/mol. The van der Waals surface area contributed by atoms with Gasteiger partial charge in [-0.1, -0.05) is 35.9 Å². The molecule has 0 bridgehead atoms. The zero-order chi connectivity index (χ0) is 18.0. The van der Waals surface area contributed by atoms with Crippen molar-refractivity contribution in [3.63, 3.8) is 0 Å². The van der Waals surface area contributed by atoms with Crippen molar-refractivity contribution in [2.75, 3.05) is 11.9 Å². The zero-order valence-corrected chi connectivity index (χ0v) is 13.7. The molecule has 2 N–H and O–H groups in total. The minimum Gasteiger partial charge on any atom is -0.387 e. The second kappa shape index (κ2) is 7.00. The summed E-state index contributed by atoms with van der Waals surface area (Å²) in [5.41, 5.74) is -5.15. The highest BCUT2D eigenvalue weighted by Gasteiger charge is 2.47. The van der Waals surface area contributed by atoms with Gasteiger partial charge in [-0.05, 0) is 29.8 Å². The van der Waals surface area contributed by atoms with Gasteiger partial charge in [0.2, 0.25) is 0 Å². The van der Waals surface area contributed by atoms with E-state index in [0.29, 0.717) is 10.6 Å². The first-order valence-corrected chi connectivity index (χ1v) is 8.57. The van der Waals surface area contributed by atoms with E-state index in [4.69, 9.17) is 11.6 Å². The van der Waals surface area contributed by atoms with Crippen LogP contribution in [-0.2, 0) is 9.84 Å². The summed E-state index contributed by atoms with van der Waals surface area (Å²) in [5, 5.41) is 13.1. The maximum absolute atomic E-state index is 12.7. The standard InChI is InChI=1S/C15H13ClF3NO3S/c16-11-7-5-10(6-8-11)13(21)9-20-12-3-1-2-4-14(12)24(22,23)15(17,18)19/h1-8,13,20-21H,9H2. The van der Waals surface area contributed by atoms with Crippen molar-refractivity contribution < 1.29 is 26.7 Å². The zero-order valence-electron chi connectivity index (χ0n) is 12.1. The number of aliphatic hydroxyl groups excluding tert-OH is 1. The normalized spacial score (nSPS) is 13.5. The van der Waals surface area contributed by atoms with E-state index in [1.54, 1.807) is 24.3 Å². The molecule has 24 heavy (non-hydrogen) atoms. The van der Waals surface area contributed by atoms with Crippen LogP contribution in [0.3, 0.4) is 0 Å². The lowest BCUT2D eigenvalue weighted by Crippen LogP contribution is -2.24. The number of anilines is 1. The third-order valence-corrected chi connectivity index (χ3v) is 5.02. The first-order chi connectivity index (χ1) is 11.1. The third kappa shape index (κ3) is 4.00. The summed E-state index contributed by atoms with van der Waals surface area (Å²) >= 11 is 5.73. The maximum Gasteiger partial charge on any atom is 0.501 e. The molecule has 0 saturated carbocycles. The summed E-state index contributed by atoms with van der Waals surface area (Å²) in [6, 6.07) is 10.9. The van der Waals surface area contributed by atoms with Crippen molar-refractivity contribution in [3.8, 4) is 0 Å². The minimum atomic E-state index is -5.49. The Labute approximate surface area is 141 Å². The predicted molar refractivity (Wildman–Crippen MR) is 84.6 cm³/mol. The highest BCUT2D eigenvalue weighted by atomic mass is 35.5. The van der Waals surface area contributed by atoms with E-state index in [2.05, 4.69) is 5.32 Å². The second-order valence-electron chi connectivity index (χ2n) is 4.89.